The summed E-state index contributed by atoms with van der Waals surface area (Å²) in [7, 11) is 0. The van der Waals surface area contributed by atoms with E-state index in [1.54, 1.807) is 0 Å². The second-order valence-corrected chi connectivity index (χ2v) is 6.18. The molecule has 21 heavy (non-hydrogen) atoms. The lowest BCUT2D eigenvalue weighted by molar-refractivity contribution is 0.276. The molecule has 0 spiro atoms. The van der Waals surface area contributed by atoms with E-state index in [1.165, 1.54) is 12.0 Å². The number of benzene rings is 1. The van der Waals surface area contributed by atoms with Gasteiger partial charge < -0.3 is 5.73 Å². The molecule has 3 N–H and O–H groups in total. The van der Waals surface area contributed by atoms with E-state index in [9.17, 15) is 0 Å². The lowest BCUT2D eigenvalue weighted by atomic mass is 10.1. The predicted octanol–water partition coefficient (Wildman–Crippen LogP) is 3.04. The SMILES string of the molecule is NC1CCCN(Cc2cn[nH]c2-c2ccc(Cl)cc2)CC1. The normalized spacial score (nSPS) is 20.4. The first kappa shape index (κ1) is 14.6. The number of hydrogen-bond acceptors (Lipinski definition) is 3. The van der Waals surface area contributed by atoms with Crippen LogP contribution in [0.2, 0.25) is 5.02 Å². The summed E-state index contributed by atoms with van der Waals surface area (Å²) in [6, 6.07) is 8.23. The van der Waals surface area contributed by atoms with Gasteiger partial charge in [-0.2, -0.15) is 5.10 Å². The molecule has 2 heterocycles. The van der Waals surface area contributed by atoms with Gasteiger partial charge in [-0.1, -0.05) is 23.7 Å². The largest absolute Gasteiger partial charge is 0.328 e. The van der Waals surface area contributed by atoms with Crippen molar-refractivity contribution in [2.24, 2.45) is 5.73 Å². The zero-order valence-corrected chi connectivity index (χ0v) is 12.8. The fourth-order valence-electron chi connectivity index (χ4n) is 2.88. The van der Waals surface area contributed by atoms with E-state index in [1.807, 2.05) is 30.5 Å². The number of nitrogens with one attached hydrogen (secondary N) is 1. The third-order valence-electron chi connectivity index (χ3n) is 4.11. The third-order valence-corrected chi connectivity index (χ3v) is 4.36. The van der Waals surface area contributed by atoms with Gasteiger partial charge >= 0.3 is 0 Å². The first-order valence-electron chi connectivity index (χ1n) is 7.48. The van der Waals surface area contributed by atoms with E-state index >= 15 is 0 Å². The average molecular weight is 305 g/mol. The van der Waals surface area contributed by atoms with E-state index in [4.69, 9.17) is 17.3 Å². The molecule has 1 aromatic carbocycles. The molecule has 0 radical (unpaired) electrons. The van der Waals surface area contributed by atoms with Crippen LogP contribution in [0.1, 0.15) is 24.8 Å². The number of nitrogens with two attached hydrogens (primary N) is 1. The quantitative estimate of drug-likeness (QED) is 0.916. The van der Waals surface area contributed by atoms with Crippen LogP contribution in [0, 0.1) is 0 Å². The number of likely N-dealkylation sites (tertiary alicyclic amines) is 1. The van der Waals surface area contributed by atoms with Gasteiger partial charge in [-0.25, -0.2) is 0 Å². The number of H-pyrrole nitrogens is 1. The van der Waals surface area contributed by atoms with Crippen molar-refractivity contribution < 1.29 is 0 Å². The zero-order chi connectivity index (χ0) is 14.7. The molecule has 4 nitrogen and oxygen atoms in total. The summed E-state index contributed by atoms with van der Waals surface area (Å²) in [6.07, 6.45) is 5.31. The van der Waals surface area contributed by atoms with Crippen LogP contribution in [0.5, 0.6) is 0 Å². The highest BCUT2D eigenvalue weighted by Crippen LogP contribution is 2.24. The summed E-state index contributed by atoms with van der Waals surface area (Å²) in [5.41, 5.74) is 9.48. The topological polar surface area (TPSA) is 57.9 Å². The maximum atomic E-state index is 6.05. The molecule has 1 unspecified atom stereocenters. The van der Waals surface area contributed by atoms with Gasteiger partial charge in [0.15, 0.2) is 0 Å². The van der Waals surface area contributed by atoms with Crippen molar-refractivity contribution in [2.45, 2.75) is 31.8 Å². The van der Waals surface area contributed by atoms with Crippen LogP contribution in [0.3, 0.4) is 0 Å². The highest BCUT2D eigenvalue weighted by molar-refractivity contribution is 6.30. The summed E-state index contributed by atoms with van der Waals surface area (Å²) in [5.74, 6) is 0. The molecule has 1 fully saturated rings. The van der Waals surface area contributed by atoms with Gasteiger partial charge in [-0.05, 0) is 50.0 Å². The van der Waals surface area contributed by atoms with Crippen molar-refractivity contribution in [1.29, 1.82) is 0 Å². The lowest BCUT2D eigenvalue weighted by Gasteiger charge is -2.19. The van der Waals surface area contributed by atoms with Crippen molar-refractivity contribution in [3.63, 3.8) is 0 Å². The van der Waals surface area contributed by atoms with Crippen molar-refractivity contribution in [2.75, 3.05) is 13.1 Å². The molecule has 5 heteroatoms. The Morgan fingerprint density at radius 1 is 1.24 bits per heavy atom. The van der Waals surface area contributed by atoms with E-state index in [2.05, 4.69) is 15.1 Å². The minimum atomic E-state index is 0.357. The fourth-order valence-corrected chi connectivity index (χ4v) is 3.00. The first-order valence-corrected chi connectivity index (χ1v) is 7.86. The van der Waals surface area contributed by atoms with Gasteiger partial charge in [0.05, 0.1) is 11.9 Å². The van der Waals surface area contributed by atoms with Crippen molar-refractivity contribution >= 4 is 11.6 Å². The standard InChI is InChI=1S/C16H21ClN4/c17-14-5-3-12(4-6-14)16-13(10-19-20-16)11-21-8-1-2-15(18)7-9-21/h3-6,10,15H,1-2,7-9,11,18H2,(H,19,20). The van der Waals surface area contributed by atoms with Gasteiger partial charge in [0.25, 0.3) is 0 Å². The van der Waals surface area contributed by atoms with E-state index in [0.29, 0.717) is 6.04 Å². The molecule has 0 amide bonds. The Morgan fingerprint density at radius 3 is 2.86 bits per heavy atom. The Morgan fingerprint density at radius 2 is 2.05 bits per heavy atom. The second-order valence-electron chi connectivity index (χ2n) is 5.74. The van der Waals surface area contributed by atoms with Gasteiger partial charge in [-0.15, -0.1) is 0 Å². The van der Waals surface area contributed by atoms with Gasteiger partial charge in [0, 0.05) is 23.2 Å². The third kappa shape index (κ3) is 3.64. The highest BCUT2D eigenvalue weighted by atomic mass is 35.5. The maximum absolute atomic E-state index is 6.05. The van der Waals surface area contributed by atoms with Crippen LogP contribution < -0.4 is 5.73 Å². The Kier molecular flexibility index (Phi) is 4.58. The summed E-state index contributed by atoms with van der Waals surface area (Å²) >= 11 is 5.95. The van der Waals surface area contributed by atoms with E-state index in [-0.39, 0.29) is 0 Å². The Balaban J connectivity index is 1.74. The molecule has 2 aromatic rings. The number of halogens is 1. The molecular weight excluding hydrogens is 284 g/mol. The average Bonchev–Trinajstić information content (AvgIpc) is 2.83. The molecule has 3 rings (SSSR count). The van der Waals surface area contributed by atoms with Crippen LogP contribution >= 0.6 is 11.6 Å². The molecule has 0 aliphatic carbocycles. The minimum Gasteiger partial charge on any atom is -0.328 e. The van der Waals surface area contributed by atoms with Crippen LogP contribution in [0.15, 0.2) is 30.5 Å². The molecule has 1 aromatic heterocycles. The molecule has 0 saturated carbocycles. The van der Waals surface area contributed by atoms with Gasteiger partial charge in [0.1, 0.15) is 0 Å². The van der Waals surface area contributed by atoms with E-state index < -0.39 is 0 Å². The van der Waals surface area contributed by atoms with Crippen molar-refractivity contribution in [3.8, 4) is 11.3 Å². The van der Waals surface area contributed by atoms with Crippen LogP contribution in [0.4, 0.5) is 0 Å². The predicted molar refractivity (Wildman–Crippen MR) is 86.1 cm³/mol. The Hall–Kier alpha value is -1.36. The fraction of sp³-hybridized carbons (Fsp3) is 0.438. The second kappa shape index (κ2) is 6.60. The molecule has 0 bridgehead atoms. The Bertz CT molecular complexity index is 578. The van der Waals surface area contributed by atoms with Crippen LogP contribution in [0.25, 0.3) is 11.3 Å². The molecule has 1 aliphatic heterocycles. The number of hydrogen-bond donors (Lipinski definition) is 2. The summed E-state index contributed by atoms with van der Waals surface area (Å²) in [5, 5.41) is 8.08. The van der Waals surface area contributed by atoms with Crippen molar-refractivity contribution in [3.05, 3.63) is 41.0 Å². The number of rotatable bonds is 3. The minimum absolute atomic E-state index is 0.357. The van der Waals surface area contributed by atoms with Crippen LogP contribution in [-0.2, 0) is 6.54 Å². The number of aromatic nitrogens is 2. The first-order chi connectivity index (χ1) is 10.2. The molecule has 1 aliphatic rings. The van der Waals surface area contributed by atoms with Crippen LogP contribution in [-0.4, -0.2) is 34.2 Å². The van der Waals surface area contributed by atoms with Gasteiger partial charge in [0.2, 0.25) is 0 Å². The molecular formula is C16H21ClN4. The summed E-state index contributed by atoms with van der Waals surface area (Å²) in [4.78, 5) is 2.47. The zero-order valence-electron chi connectivity index (χ0n) is 12.1. The summed E-state index contributed by atoms with van der Waals surface area (Å²) in [6.45, 7) is 3.09. The monoisotopic (exact) mass is 304 g/mol. The lowest BCUT2D eigenvalue weighted by Crippen LogP contribution is -2.26. The molecule has 112 valence electrons. The van der Waals surface area contributed by atoms with E-state index in [0.717, 1.165) is 48.8 Å². The maximum Gasteiger partial charge on any atom is 0.0695 e. The molecule has 1 atom stereocenters. The van der Waals surface area contributed by atoms with Crippen molar-refractivity contribution in [1.82, 2.24) is 15.1 Å². The highest BCUT2D eigenvalue weighted by Gasteiger charge is 2.16. The number of aromatic amines is 1. The number of nitrogens with zero attached hydrogens (tertiary/aromatic N) is 2. The smallest absolute Gasteiger partial charge is 0.0695 e. The Labute approximate surface area is 130 Å². The molecule has 1 saturated heterocycles. The summed E-state index contributed by atoms with van der Waals surface area (Å²) < 4.78 is 0. The van der Waals surface area contributed by atoms with Gasteiger partial charge in [-0.3, -0.25) is 10.00 Å².